The van der Waals surface area contributed by atoms with Crippen LogP contribution in [0.25, 0.3) is 0 Å². The summed E-state index contributed by atoms with van der Waals surface area (Å²) >= 11 is 0. The molecule has 0 heterocycles. The summed E-state index contributed by atoms with van der Waals surface area (Å²) in [5.41, 5.74) is 0.0322. The predicted octanol–water partition coefficient (Wildman–Crippen LogP) is 3.50. The van der Waals surface area contributed by atoms with E-state index in [1.54, 1.807) is 6.92 Å². The number of esters is 2. The first kappa shape index (κ1) is 16.5. The third-order valence-corrected chi connectivity index (χ3v) is 5.76. The van der Waals surface area contributed by atoms with E-state index in [0.717, 1.165) is 25.7 Å². The van der Waals surface area contributed by atoms with Gasteiger partial charge >= 0.3 is 11.9 Å². The molecule has 0 aromatic rings. The monoisotopic (exact) mass is 320 g/mol. The van der Waals surface area contributed by atoms with Gasteiger partial charge in [0, 0.05) is 5.57 Å². The molecule has 2 bridgehead atoms. The SMILES string of the molecule is C=C(C)C(=O)OC1CC2C3CC(C(=O)OC(C)(C)C)C(C3)C2C1. The van der Waals surface area contributed by atoms with E-state index in [1.807, 2.05) is 20.8 Å². The van der Waals surface area contributed by atoms with Crippen molar-refractivity contribution in [3.63, 3.8) is 0 Å². The second-order valence-electron chi connectivity index (χ2n) is 8.64. The number of carbonyl (C=O) groups excluding carboxylic acids is 2. The molecule has 6 atom stereocenters. The third-order valence-electron chi connectivity index (χ3n) is 5.76. The molecule has 4 heteroatoms. The molecule has 0 aromatic carbocycles. The van der Waals surface area contributed by atoms with Gasteiger partial charge in [-0.2, -0.15) is 0 Å². The van der Waals surface area contributed by atoms with Crippen LogP contribution in [-0.2, 0) is 19.1 Å². The van der Waals surface area contributed by atoms with Crippen LogP contribution in [0.2, 0.25) is 0 Å². The summed E-state index contributed by atoms with van der Waals surface area (Å²) in [4.78, 5) is 24.2. The van der Waals surface area contributed by atoms with E-state index in [0.29, 0.717) is 29.2 Å². The second kappa shape index (κ2) is 5.64. The Morgan fingerprint density at radius 1 is 1.00 bits per heavy atom. The molecule has 3 fully saturated rings. The average Bonchev–Trinajstić information content (AvgIpc) is 3.05. The van der Waals surface area contributed by atoms with Gasteiger partial charge in [-0.1, -0.05) is 6.58 Å². The second-order valence-corrected chi connectivity index (χ2v) is 8.64. The molecule has 0 N–H and O–H groups in total. The van der Waals surface area contributed by atoms with Gasteiger partial charge in [0.2, 0.25) is 0 Å². The molecule has 3 aliphatic carbocycles. The van der Waals surface area contributed by atoms with E-state index in [9.17, 15) is 9.59 Å². The molecular formula is C19H28O4. The number of rotatable bonds is 3. The van der Waals surface area contributed by atoms with Crippen LogP contribution in [0.5, 0.6) is 0 Å². The van der Waals surface area contributed by atoms with E-state index in [1.165, 1.54) is 0 Å². The highest BCUT2D eigenvalue weighted by molar-refractivity contribution is 5.87. The van der Waals surface area contributed by atoms with Crippen molar-refractivity contribution in [1.29, 1.82) is 0 Å². The normalized spacial score (nSPS) is 38.3. The predicted molar refractivity (Wildman–Crippen MR) is 86.5 cm³/mol. The van der Waals surface area contributed by atoms with Crippen molar-refractivity contribution in [3.05, 3.63) is 12.2 Å². The van der Waals surface area contributed by atoms with Gasteiger partial charge in [0.15, 0.2) is 0 Å². The lowest BCUT2D eigenvalue weighted by atomic mass is 9.76. The van der Waals surface area contributed by atoms with Crippen LogP contribution in [0.1, 0.15) is 53.4 Å². The van der Waals surface area contributed by atoms with Crippen molar-refractivity contribution >= 4 is 11.9 Å². The van der Waals surface area contributed by atoms with Crippen molar-refractivity contribution in [2.24, 2.45) is 29.6 Å². The van der Waals surface area contributed by atoms with Crippen molar-refractivity contribution < 1.29 is 19.1 Å². The summed E-state index contributed by atoms with van der Waals surface area (Å²) in [6, 6.07) is 0. The van der Waals surface area contributed by atoms with E-state index in [2.05, 4.69) is 6.58 Å². The first-order valence-electron chi connectivity index (χ1n) is 8.75. The third kappa shape index (κ3) is 3.17. The molecule has 0 amide bonds. The maximum atomic E-state index is 12.5. The Morgan fingerprint density at radius 2 is 1.65 bits per heavy atom. The minimum Gasteiger partial charge on any atom is -0.460 e. The van der Waals surface area contributed by atoms with Crippen LogP contribution < -0.4 is 0 Å². The molecule has 128 valence electrons. The lowest BCUT2D eigenvalue weighted by Gasteiger charge is -2.31. The van der Waals surface area contributed by atoms with Gasteiger partial charge in [-0.3, -0.25) is 4.79 Å². The molecule has 0 aromatic heterocycles. The van der Waals surface area contributed by atoms with Crippen LogP contribution in [0.3, 0.4) is 0 Å². The highest BCUT2D eigenvalue weighted by atomic mass is 16.6. The van der Waals surface area contributed by atoms with Gasteiger partial charge in [0.25, 0.3) is 0 Å². The fourth-order valence-corrected chi connectivity index (χ4v) is 5.02. The Labute approximate surface area is 138 Å². The Kier molecular flexibility index (Phi) is 4.06. The first-order valence-corrected chi connectivity index (χ1v) is 8.75. The topological polar surface area (TPSA) is 52.6 Å². The van der Waals surface area contributed by atoms with E-state index < -0.39 is 5.60 Å². The number of ether oxygens (including phenoxy) is 2. The maximum absolute atomic E-state index is 12.5. The van der Waals surface area contributed by atoms with Crippen LogP contribution >= 0.6 is 0 Å². The minimum atomic E-state index is -0.423. The lowest BCUT2D eigenvalue weighted by Crippen LogP contribution is -2.35. The Hall–Kier alpha value is -1.32. The first-order chi connectivity index (χ1) is 10.7. The summed E-state index contributed by atoms with van der Waals surface area (Å²) in [5, 5.41) is 0. The molecule has 23 heavy (non-hydrogen) atoms. The largest absolute Gasteiger partial charge is 0.460 e. The molecule has 3 aliphatic rings. The fraction of sp³-hybridized carbons (Fsp3) is 0.789. The summed E-state index contributed by atoms with van der Waals surface area (Å²) in [7, 11) is 0. The van der Waals surface area contributed by atoms with E-state index in [-0.39, 0.29) is 24.0 Å². The molecule has 3 saturated carbocycles. The zero-order valence-electron chi connectivity index (χ0n) is 14.6. The van der Waals surface area contributed by atoms with Gasteiger partial charge in [0.1, 0.15) is 11.7 Å². The summed E-state index contributed by atoms with van der Waals surface area (Å²) in [6.45, 7) is 11.1. The quantitative estimate of drug-likeness (QED) is 0.590. The molecule has 3 rings (SSSR count). The number of carbonyl (C=O) groups is 2. The van der Waals surface area contributed by atoms with Gasteiger partial charge in [0.05, 0.1) is 5.92 Å². The fourth-order valence-electron chi connectivity index (χ4n) is 5.02. The molecule has 0 spiro atoms. The number of fused-ring (bicyclic) bond motifs is 5. The molecule has 0 saturated heterocycles. The van der Waals surface area contributed by atoms with Crippen molar-refractivity contribution in [1.82, 2.24) is 0 Å². The van der Waals surface area contributed by atoms with Crippen molar-refractivity contribution in [2.75, 3.05) is 0 Å². The zero-order chi connectivity index (χ0) is 16.9. The van der Waals surface area contributed by atoms with Crippen LogP contribution in [0.4, 0.5) is 0 Å². The lowest BCUT2D eigenvalue weighted by molar-refractivity contribution is -0.163. The Morgan fingerprint density at radius 3 is 2.26 bits per heavy atom. The van der Waals surface area contributed by atoms with Gasteiger partial charge < -0.3 is 9.47 Å². The average molecular weight is 320 g/mol. The molecule has 4 nitrogen and oxygen atoms in total. The van der Waals surface area contributed by atoms with Crippen molar-refractivity contribution in [3.8, 4) is 0 Å². The minimum absolute atomic E-state index is 0.00288. The van der Waals surface area contributed by atoms with Gasteiger partial charge in [-0.25, -0.2) is 4.79 Å². The highest BCUT2D eigenvalue weighted by Crippen LogP contribution is 2.61. The standard InChI is InChI=1S/C19H28O4/c1-10(2)17(20)22-12-8-13-11-6-14(15(13)9-12)16(7-11)18(21)23-19(3,4)5/h11-16H,1,6-9H2,2-5H3. The van der Waals surface area contributed by atoms with Crippen LogP contribution in [0.15, 0.2) is 12.2 Å². The smallest absolute Gasteiger partial charge is 0.333 e. The maximum Gasteiger partial charge on any atom is 0.333 e. The Balaban J connectivity index is 1.62. The molecule has 0 radical (unpaired) electrons. The van der Waals surface area contributed by atoms with Gasteiger partial charge in [-0.15, -0.1) is 0 Å². The summed E-state index contributed by atoms with van der Waals surface area (Å²) in [6.07, 6.45) is 3.93. The zero-order valence-corrected chi connectivity index (χ0v) is 14.6. The number of hydrogen-bond donors (Lipinski definition) is 0. The molecule has 0 aliphatic heterocycles. The van der Waals surface area contributed by atoms with Crippen molar-refractivity contribution in [2.45, 2.75) is 65.1 Å². The van der Waals surface area contributed by atoms with E-state index in [4.69, 9.17) is 9.47 Å². The van der Waals surface area contributed by atoms with Crippen LogP contribution in [-0.4, -0.2) is 23.6 Å². The summed E-state index contributed by atoms with van der Waals surface area (Å²) < 4.78 is 11.2. The summed E-state index contributed by atoms with van der Waals surface area (Å²) in [5.74, 6) is 1.84. The molecular weight excluding hydrogens is 292 g/mol. The van der Waals surface area contributed by atoms with Crippen LogP contribution in [0, 0.1) is 29.6 Å². The number of hydrogen-bond acceptors (Lipinski definition) is 4. The molecule has 6 unspecified atom stereocenters. The van der Waals surface area contributed by atoms with E-state index >= 15 is 0 Å². The Bertz CT molecular complexity index is 530. The van der Waals surface area contributed by atoms with Gasteiger partial charge in [-0.05, 0) is 77.0 Å². The highest BCUT2D eigenvalue weighted by Gasteiger charge is 2.58.